The number of hydrogen-bond donors (Lipinski definition) is 0. The molecule has 23 heavy (non-hydrogen) atoms. The van der Waals surface area contributed by atoms with Gasteiger partial charge in [0.2, 0.25) is 0 Å². The highest BCUT2D eigenvalue weighted by Gasteiger charge is 2.30. The third kappa shape index (κ3) is 5.61. The summed E-state index contributed by atoms with van der Waals surface area (Å²) >= 11 is 0. The minimum Gasteiger partial charge on any atom is -0.379 e. The van der Waals surface area contributed by atoms with Gasteiger partial charge in [0.15, 0.2) is 0 Å². The van der Waals surface area contributed by atoms with Crippen molar-refractivity contribution in [1.82, 2.24) is 4.90 Å². The summed E-state index contributed by atoms with van der Waals surface area (Å²) in [6.07, 6.45) is 4.07. The smallest absolute Gasteiger partial charge is 0.0519 e. The first-order valence-electron chi connectivity index (χ1n) is 9.17. The van der Waals surface area contributed by atoms with E-state index in [9.17, 15) is 0 Å². The van der Waals surface area contributed by atoms with E-state index in [0.29, 0.717) is 6.10 Å². The second kappa shape index (κ2) is 7.81. The van der Waals surface area contributed by atoms with Crippen LogP contribution in [0.3, 0.4) is 0 Å². The Morgan fingerprint density at radius 3 is 2.52 bits per heavy atom. The Kier molecular flexibility index (Phi) is 6.27. The number of hydrogen-bond acceptors (Lipinski definition) is 2. The zero-order valence-corrected chi connectivity index (χ0v) is 15.9. The van der Waals surface area contributed by atoms with Crippen molar-refractivity contribution < 1.29 is 4.74 Å². The van der Waals surface area contributed by atoms with Crippen molar-refractivity contribution in [3.63, 3.8) is 0 Å². The maximum Gasteiger partial charge on any atom is 0.0519 e. The van der Waals surface area contributed by atoms with Crippen LogP contribution in [0, 0.1) is 5.92 Å². The molecule has 2 nitrogen and oxygen atoms in total. The van der Waals surface area contributed by atoms with E-state index < -0.39 is 0 Å². The largest absolute Gasteiger partial charge is 0.379 e. The first kappa shape index (κ1) is 18.5. The van der Waals surface area contributed by atoms with Gasteiger partial charge >= 0.3 is 0 Å². The molecule has 0 bridgehead atoms. The van der Waals surface area contributed by atoms with Crippen LogP contribution in [-0.4, -0.2) is 36.7 Å². The third-order valence-corrected chi connectivity index (χ3v) is 5.20. The molecule has 1 aliphatic rings. The van der Waals surface area contributed by atoms with Crippen LogP contribution in [0.25, 0.3) is 0 Å². The predicted octanol–water partition coefficient (Wildman–Crippen LogP) is 4.88. The molecule has 0 heterocycles. The highest BCUT2D eigenvalue weighted by Crippen LogP contribution is 2.42. The lowest BCUT2D eigenvalue weighted by atomic mass is 9.71. The van der Waals surface area contributed by atoms with Gasteiger partial charge in [0, 0.05) is 18.7 Å². The molecule has 2 rings (SSSR count). The monoisotopic (exact) mass is 317 g/mol. The van der Waals surface area contributed by atoms with E-state index in [1.54, 1.807) is 0 Å². The van der Waals surface area contributed by atoms with Crippen LogP contribution in [0.2, 0.25) is 0 Å². The molecule has 0 aliphatic heterocycles. The van der Waals surface area contributed by atoms with E-state index in [0.717, 1.165) is 31.4 Å². The molecule has 130 valence electrons. The van der Waals surface area contributed by atoms with Crippen molar-refractivity contribution in [1.29, 1.82) is 0 Å². The molecule has 0 aromatic heterocycles. The van der Waals surface area contributed by atoms with Crippen LogP contribution < -0.4 is 0 Å². The quantitative estimate of drug-likeness (QED) is 0.711. The molecule has 0 unspecified atom stereocenters. The number of nitrogens with zero attached hydrogens (tertiary/aromatic N) is 1. The Hall–Kier alpha value is -0.860. The Morgan fingerprint density at radius 1 is 1.22 bits per heavy atom. The molecule has 2 heteroatoms. The van der Waals surface area contributed by atoms with Crippen molar-refractivity contribution in [2.45, 2.75) is 71.4 Å². The summed E-state index contributed by atoms with van der Waals surface area (Å²) in [7, 11) is 2.22. The van der Waals surface area contributed by atoms with Crippen LogP contribution in [0.4, 0.5) is 0 Å². The summed E-state index contributed by atoms with van der Waals surface area (Å²) in [5.74, 6) is 1.51. The topological polar surface area (TPSA) is 12.5 Å². The molecule has 0 spiro atoms. The third-order valence-electron chi connectivity index (χ3n) is 5.20. The van der Waals surface area contributed by atoms with Crippen molar-refractivity contribution in [3.8, 4) is 0 Å². The van der Waals surface area contributed by atoms with E-state index in [-0.39, 0.29) is 5.54 Å². The van der Waals surface area contributed by atoms with E-state index in [4.69, 9.17) is 4.74 Å². The first-order chi connectivity index (χ1) is 10.8. The maximum absolute atomic E-state index is 5.74. The molecule has 0 N–H and O–H groups in total. The Labute approximate surface area is 143 Å². The van der Waals surface area contributed by atoms with E-state index in [2.05, 4.69) is 70.8 Å². The number of ether oxygens (including phenoxy) is 1. The summed E-state index contributed by atoms with van der Waals surface area (Å²) < 4.78 is 5.74. The summed E-state index contributed by atoms with van der Waals surface area (Å²) in [6, 6.07) is 9.25. The fourth-order valence-corrected chi connectivity index (χ4v) is 3.11. The number of likely N-dealkylation sites (N-methyl/N-ethyl adjacent to an activating group) is 1. The first-order valence-corrected chi connectivity index (χ1v) is 9.17. The normalized spacial score (nSPS) is 21.7. The average molecular weight is 318 g/mol. The SMILES string of the molecule is CC(C)OCC1CC(c2cccc(CCN(C)C(C)(C)C)c2)C1. The molecule has 1 aromatic carbocycles. The Morgan fingerprint density at radius 2 is 1.91 bits per heavy atom. The van der Waals surface area contributed by atoms with E-state index >= 15 is 0 Å². The lowest BCUT2D eigenvalue weighted by Crippen LogP contribution is -2.39. The standard InChI is InChI=1S/C21H35NO/c1-16(2)23-15-18-13-20(14-18)19-9-7-8-17(12-19)10-11-22(6)21(3,4)5/h7-9,12,16,18,20H,10-11,13-15H2,1-6H3. The van der Waals surface area contributed by atoms with Crippen LogP contribution in [0.1, 0.15) is 64.5 Å². The van der Waals surface area contributed by atoms with Gasteiger partial charge in [-0.15, -0.1) is 0 Å². The lowest BCUT2D eigenvalue weighted by Gasteiger charge is -2.36. The van der Waals surface area contributed by atoms with Crippen LogP contribution in [0.15, 0.2) is 24.3 Å². The van der Waals surface area contributed by atoms with Crippen molar-refractivity contribution >= 4 is 0 Å². The van der Waals surface area contributed by atoms with Crippen molar-refractivity contribution in [2.75, 3.05) is 20.2 Å². The molecule has 0 radical (unpaired) electrons. The fraction of sp³-hybridized carbons (Fsp3) is 0.714. The summed E-state index contributed by atoms with van der Waals surface area (Å²) in [4.78, 5) is 2.43. The molecule has 0 saturated heterocycles. The molecule has 1 aromatic rings. The van der Waals surface area contributed by atoms with E-state index in [1.165, 1.54) is 24.0 Å². The van der Waals surface area contributed by atoms with Crippen molar-refractivity contribution in [3.05, 3.63) is 35.4 Å². The van der Waals surface area contributed by atoms with Crippen LogP contribution in [0.5, 0.6) is 0 Å². The minimum atomic E-state index is 0.245. The van der Waals surface area contributed by atoms with Gasteiger partial charge in [-0.2, -0.15) is 0 Å². The number of rotatable bonds is 7. The van der Waals surface area contributed by atoms with Gasteiger partial charge in [0.1, 0.15) is 0 Å². The molecule has 0 atom stereocenters. The van der Waals surface area contributed by atoms with Crippen LogP contribution >= 0.6 is 0 Å². The van der Waals surface area contributed by atoms with Crippen LogP contribution in [-0.2, 0) is 11.2 Å². The summed E-state index contributed by atoms with van der Waals surface area (Å²) in [5, 5.41) is 0. The number of benzene rings is 1. The molecular formula is C21H35NO. The van der Waals surface area contributed by atoms with Gasteiger partial charge in [-0.25, -0.2) is 0 Å². The van der Waals surface area contributed by atoms with Gasteiger partial charge in [-0.1, -0.05) is 24.3 Å². The zero-order chi connectivity index (χ0) is 17.0. The van der Waals surface area contributed by atoms with Crippen molar-refractivity contribution in [2.24, 2.45) is 5.92 Å². The molecule has 1 aliphatic carbocycles. The molecule has 1 fully saturated rings. The second-order valence-corrected chi connectivity index (χ2v) is 8.50. The van der Waals surface area contributed by atoms with Gasteiger partial charge in [0.25, 0.3) is 0 Å². The molecule has 1 saturated carbocycles. The Balaban J connectivity index is 1.82. The second-order valence-electron chi connectivity index (χ2n) is 8.50. The van der Waals surface area contributed by atoms with E-state index in [1.807, 2.05) is 0 Å². The summed E-state index contributed by atoms with van der Waals surface area (Å²) in [5.41, 5.74) is 3.25. The Bertz CT molecular complexity index is 483. The highest BCUT2D eigenvalue weighted by atomic mass is 16.5. The highest BCUT2D eigenvalue weighted by molar-refractivity contribution is 5.28. The van der Waals surface area contributed by atoms with Gasteiger partial charge in [-0.3, -0.25) is 0 Å². The van der Waals surface area contributed by atoms with Gasteiger partial charge in [-0.05, 0) is 83.9 Å². The minimum absolute atomic E-state index is 0.245. The zero-order valence-electron chi connectivity index (χ0n) is 15.9. The maximum atomic E-state index is 5.74. The van der Waals surface area contributed by atoms with Gasteiger partial charge in [0.05, 0.1) is 6.10 Å². The molecule has 0 amide bonds. The lowest BCUT2D eigenvalue weighted by molar-refractivity contribution is 0.0230. The fourth-order valence-electron chi connectivity index (χ4n) is 3.11. The predicted molar refractivity (Wildman–Crippen MR) is 99.1 cm³/mol. The molecular weight excluding hydrogens is 282 g/mol. The van der Waals surface area contributed by atoms with Gasteiger partial charge < -0.3 is 9.64 Å². The average Bonchev–Trinajstić information content (AvgIpc) is 2.42. The summed E-state index contributed by atoms with van der Waals surface area (Å²) in [6.45, 7) is 13.1.